The van der Waals surface area contributed by atoms with Crippen molar-refractivity contribution < 1.29 is 13.2 Å². The van der Waals surface area contributed by atoms with Gasteiger partial charge in [-0.2, -0.15) is 0 Å². The number of hydrogen-bond donors (Lipinski definition) is 1. The third-order valence-corrected chi connectivity index (χ3v) is 7.26. The second-order valence-electron chi connectivity index (χ2n) is 6.66. The molecule has 1 amide bonds. The Bertz CT molecular complexity index is 666. The molecule has 1 N–H and O–H groups in total. The first-order chi connectivity index (χ1) is 10.9. The van der Waals surface area contributed by atoms with E-state index in [0.717, 1.165) is 6.42 Å². The molecule has 2 aliphatic heterocycles. The van der Waals surface area contributed by atoms with Crippen LogP contribution in [0.1, 0.15) is 30.7 Å². The van der Waals surface area contributed by atoms with Crippen molar-refractivity contribution in [1.82, 2.24) is 10.2 Å². The number of likely N-dealkylation sites (tertiary alicyclic amines) is 1. The maximum absolute atomic E-state index is 13.1. The number of piperidine rings is 1. The minimum Gasteiger partial charge on any atom is -0.341 e. The van der Waals surface area contributed by atoms with E-state index >= 15 is 0 Å². The Balaban J connectivity index is 1.80. The highest BCUT2D eigenvalue weighted by atomic mass is 32.2. The van der Waals surface area contributed by atoms with Gasteiger partial charge in [-0.3, -0.25) is 4.79 Å². The summed E-state index contributed by atoms with van der Waals surface area (Å²) < 4.78 is 23.5. The maximum atomic E-state index is 13.1. The predicted molar refractivity (Wildman–Crippen MR) is 90.1 cm³/mol. The van der Waals surface area contributed by atoms with Crippen molar-refractivity contribution in [2.24, 2.45) is 0 Å². The summed E-state index contributed by atoms with van der Waals surface area (Å²) in [6, 6.07) is 10.1. The van der Waals surface area contributed by atoms with Gasteiger partial charge in [0.1, 0.15) is 0 Å². The normalized spacial score (nSPS) is 24.6. The summed E-state index contributed by atoms with van der Waals surface area (Å²) >= 11 is 0. The smallest absolute Gasteiger partial charge is 0.244 e. The molecule has 1 aromatic carbocycles. The zero-order valence-corrected chi connectivity index (χ0v) is 14.3. The molecule has 0 saturated carbocycles. The highest BCUT2D eigenvalue weighted by Gasteiger charge is 2.51. The molecule has 5 nitrogen and oxygen atoms in total. The predicted octanol–water partition coefficient (Wildman–Crippen LogP) is 1.17. The van der Waals surface area contributed by atoms with Gasteiger partial charge in [-0.15, -0.1) is 0 Å². The fourth-order valence-electron chi connectivity index (χ4n) is 3.80. The molecule has 126 valence electrons. The number of benzene rings is 1. The summed E-state index contributed by atoms with van der Waals surface area (Å²) in [6.07, 6.45) is 2.85. The van der Waals surface area contributed by atoms with Crippen LogP contribution in [0.15, 0.2) is 30.3 Å². The van der Waals surface area contributed by atoms with Gasteiger partial charge in [-0.05, 0) is 37.9 Å². The van der Waals surface area contributed by atoms with Crippen molar-refractivity contribution in [2.45, 2.75) is 29.9 Å². The molecule has 0 radical (unpaired) electrons. The Hall–Kier alpha value is -1.40. The van der Waals surface area contributed by atoms with Crippen LogP contribution in [0, 0.1) is 0 Å². The molecular weight excluding hydrogens is 312 g/mol. The SMILES string of the molecule is CS(=O)(=O)C1(C(=O)N2CCC(c3ccccc3)C2)CCNCC1. The Morgan fingerprint density at radius 2 is 1.87 bits per heavy atom. The third-order valence-electron chi connectivity index (χ3n) is 5.26. The lowest BCUT2D eigenvalue weighted by molar-refractivity contribution is -0.133. The topological polar surface area (TPSA) is 66.5 Å². The van der Waals surface area contributed by atoms with Gasteiger partial charge < -0.3 is 10.2 Å². The van der Waals surface area contributed by atoms with Crippen LogP contribution in [-0.2, 0) is 14.6 Å². The van der Waals surface area contributed by atoms with Crippen LogP contribution >= 0.6 is 0 Å². The van der Waals surface area contributed by atoms with E-state index in [-0.39, 0.29) is 5.91 Å². The second kappa shape index (κ2) is 6.24. The van der Waals surface area contributed by atoms with Crippen molar-refractivity contribution in [3.05, 3.63) is 35.9 Å². The zero-order chi connectivity index (χ0) is 16.5. The van der Waals surface area contributed by atoms with Crippen molar-refractivity contribution in [3.8, 4) is 0 Å². The Labute approximate surface area is 138 Å². The van der Waals surface area contributed by atoms with Crippen LogP contribution in [0.3, 0.4) is 0 Å². The Morgan fingerprint density at radius 1 is 1.22 bits per heavy atom. The molecule has 3 rings (SSSR count). The number of rotatable bonds is 3. The van der Waals surface area contributed by atoms with Crippen LogP contribution in [0.5, 0.6) is 0 Å². The van der Waals surface area contributed by atoms with E-state index in [1.807, 2.05) is 18.2 Å². The molecule has 1 aromatic rings. The summed E-state index contributed by atoms with van der Waals surface area (Å²) in [7, 11) is -3.44. The van der Waals surface area contributed by atoms with E-state index in [2.05, 4.69) is 17.4 Å². The van der Waals surface area contributed by atoms with Crippen molar-refractivity contribution in [2.75, 3.05) is 32.4 Å². The zero-order valence-electron chi connectivity index (χ0n) is 13.5. The minimum absolute atomic E-state index is 0.195. The monoisotopic (exact) mass is 336 g/mol. The summed E-state index contributed by atoms with van der Waals surface area (Å²) in [5.41, 5.74) is 1.22. The quantitative estimate of drug-likeness (QED) is 0.900. The molecule has 1 unspecified atom stereocenters. The maximum Gasteiger partial charge on any atom is 0.244 e. The lowest BCUT2D eigenvalue weighted by atomic mass is 9.95. The average molecular weight is 336 g/mol. The molecule has 2 fully saturated rings. The summed E-state index contributed by atoms with van der Waals surface area (Å²) in [4.78, 5) is 14.8. The molecule has 2 heterocycles. The van der Waals surface area contributed by atoms with Gasteiger partial charge in [0.15, 0.2) is 14.6 Å². The van der Waals surface area contributed by atoms with Crippen molar-refractivity contribution in [3.63, 3.8) is 0 Å². The minimum atomic E-state index is -3.44. The highest BCUT2D eigenvalue weighted by molar-refractivity contribution is 7.92. The van der Waals surface area contributed by atoms with Crippen molar-refractivity contribution >= 4 is 15.7 Å². The summed E-state index contributed by atoms with van der Waals surface area (Å²) in [6.45, 7) is 2.42. The van der Waals surface area contributed by atoms with Gasteiger partial charge in [-0.25, -0.2) is 8.42 Å². The Kier molecular flexibility index (Phi) is 4.47. The first-order valence-electron chi connectivity index (χ1n) is 8.19. The third kappa shape index (κ3) is 3.02. The molecule has 6 heteroatoms. The molecule has 0 bridgehead atoms. The highest BCUT2D eigenvalue weighted by Crippen LogP contribution is 2.34. The second-order valence-corrected chi connectivity index (χ2v) is 8.99. The van der Waals surface area contributed by atoms with E-state index < -0.39 is 14.6 Å². The molecule has 2 saturated heterocycles. The van der Waals surface area contributed by atoms with Crippen LogP contribution in [0.25, 0.3) is 0 Å². The molecule has 0 aliphatic carbocycles. The van der Waals surface area contributed by atoms with Gasteiger partial charge >= 0.3 is 0 Å². The lowest BCUT2D eigenvalue weighted by Crippen LogP contribution is -2.57. The largest absolute Gasteiger partial charge is 0.341 e. The van der Waals surface area contributed by atoms with Gasteiger partial charge in [-0.1, -0.05) is 30.3 Å². The van der Waals surface area contributed by atoms with Crippen LogP contribution in [-0.4, -0.2) is 56.4 Å². The molecule has 2 aliphatic rings. The fraction of sp³-hybridized carbons (Fsp3) is 0.588. The number of nitrogens with one attached hydrogen (secondary N) is 1. The van der Waals surface area contributed by atoms with Crippen LogP contribution in [0.4, 0.5) is 0 Å². The Morgan fingerprint density at radius 3 is 2.48 bits per heavy atom. The van der Waals surface area contributed by atoms with E-state index in [1.165, 1.54) is 11.8 Å². The van der Waals surface area contributed by atoms with Gasteiger partial charge in [0.05, 0.1) is 0 Å². The molecule has 0 aromatic heterocycles. The molecule has 0 spiro atoms. The van der Waals surface area contributed by atoms with Crippen LogP contribution < -0.4 is 5.32 Å². The summed E-state index contributed by atoms with van der Waals surface area (Å²) in [5.74, 6) is 0.110. The lowest BCUT2D eigenvalue weighted by Gasteiger charge is -2.37. The van der Waals surface area contributed by atoms with Gasteiger partial charge in [0, 0.05) is 25.3 Å². The molecule has 1 atom stereocenters. The summed E-state index contributed by atoms with van der Waals surface area (Å²) in [5, 5.41) is 3.16. The number of carbonyl (C=O) groups is 1. The molecular formula is C17H24N2O3S. The number of nitrogens with zero attached hydrogens (tertiary/aromatic N) is 1. The average Bonchev–Trinajstić information content (AvgIpc) is 3.04. The van der Waals surface area contributed by atoms with E-state index in [1.54, 1.807) is 4.90 Å². The van der Waals surface area contributed by atoms with E-state index in [4.69, 9.17) is 0 Å². The van der Waals surface area contributed by atoms with Crippen LogP contribution in [0.2, 0.25) is 0 Å². The van der Waals surface area contributed by atoms with Gasteiger partial charge in [0.25, 0.3) is 0 Å². The standard InChI is InChI=1S/C17H24N2O3S/c1-23(21,22)17(8-10-18-11-9-17)16(20)19-12-7-15(13-19)14-5-3-2-4-6-14/h2-6,15,18H,7-13H2,1H3. The fourth-order valence-corrected chi connectivity index (χ4v) is 5.20. The van der Waals surface area contributed by atoms with Gasteiger partial charge in [0.2, 0.25) is 5.91 Å². The number of amides is 1. The van der Waals surface area contributed by atoms with E-state index in [0.29, 0.717) is 44.9 Å². The first kappa shape index (κ1) is 16.5. The number of sulfone groups is 1. The van der Waals surface area contributed by atoms with E-state index in [9.17, 15) is 13.2 Å². The number of hydrogen-bond acceptors (Lipinski definition) is 4. The first-order valence-corrected chi connectivity index (χ1v) is 10.1. The molecule has 23 heavy (non-hydrogen) atoms. The van der Waals surface area contributed by atoms with Crippen molar-refractivity contribution in [1.29, 1.82) is 0 Å². The number of carbonyl (C=O) groups excluding carboxylic acids is 1.